The number of rotatable bonds is 11. The standard InChI is InChI=1S/C28H35Cl2N3O4/c1-3-27-31-11-14-33(27)15-16-36-25-8-5-21(17-26(25)35-2)19-32-12-4-9-28(34,10-13-32)20-37-22-6-7-23(29)24(30)18-22/h5-8,11,14,17-18,34H,3-4,9-10,12-13,15-16,19-20H2,1-2H3. The lowest BCUT2D eigenvalue weighted by Crippen LogP contribution is -2.37. The van der Waals surface area contributed by atoms with Crippen LogP contribution in [0.3, 0.4) is 0 Å². The van der Waals surface area contributed by atoms with Gasteiger partial charge in [0.25, 0.3) is 0 Å². The fourth-order valence-electron chi connectivity index (χ4n) is 4.62. The van der Waals surface area contributed by atoms with Crippen molar-refractivity contribution in [3.63, 3.8) is 0 Å². The Labute approximate surface area is 228 Å². The van der Waals surface area contributed by atoms with E-state index >= 15 is 0 Å². The molecule has 1 aliphatic heterocycles. The molecule has 1 unspecified atom stereocenters. The van der Waals surface area contributed by atoms with Crippen LogP contribution >= 0.6 is 23.2 Å². The van der Waals surface area contributed by atoms with E-state index in [1.807, 2.05) is 24.5 Å². The molecule has 0 amide bonds. The molecular formula is C28H35Cl2N3O4. The zero-order valence-electron chi connectivity index (χ0n) is 21.5. The van der Waals surface area contributed by atoms with Crippen molar-refractivity contribution in [1.82, 2.24) is 14.5 Å². The van der Waals surface area contributed by atoms with Crippen LogP contribution in [0.15, 0.2) is 48.8 Å². The Morgan fingerprint density at radius 3 is 2.68 bits per heavy atom. The minimum atomic E-state index is -0.886. The number of halogens is 2. The number of aromatic nitrogens is 2. The van der Waals surface area contributed by atoms with Crippen molar-refractivity contribution in [3.05, 3.63) is 70.2 Å². The summed E-state index contributed by atoms with van der Waals surface area (Å²) in [7, 11) is 1.66. The average molecular weight is 549 g/mol. The monoisotopic (exact) mass is 547 g/mol. The number of ether oxygens (including phenoxy) is 3. The molecule has 7 nitrogen and oxygen atoms in total. The predicted molar refractivity (Wildman–Crippen MR) is 146 cm³/mol. The van der Waals surface area contributed by atoms with E-state index < -0.39 is 5.60 Å². The molecular weight excluding hydrogens is 513 g/mol. The van der Waals surface area contributed by atoms with Crippen molar-refractivity contribution in [2.24, 2.45) is 0 Å². The summed E-state index contributed by atoms with van der Waals surface area (Å²) < 4.78 is 19.6. The van der Waals surface area contributed by atoms with Crippen molar-refractivity contribution in [2.75, 3.05) is 33.4 Å². The molecule has 1 aromatic heterocycles. The zero-order chi connectivity index (χ0) is 26.3. The van der Waals surface area contributed by atoms with Gasteiger partial charge >= 0.3 is 0 Å². The molecule has 1 atom stereocenters. The van der Waals surface area contributed by atoms with Crippen LogP contribution in [0.4, 0.5) is 0 Å². The van der Waals surface area contributed by atoms with Gasteiger partial charge in [-0.2, -0.15) is 0 Å². The van der Waals surface area contributed by atoms with Crippen molar-refractivity contribution >= 4 is 23.2 Å². The minimum absolute atomic E-state index is 0.220. The zero-order valence-corrected chi connectivity index (χ0v) is 23.0. The molecule has 1 aliphatic rings. The van der Waals surface area contributed by atoms with E-state index in [-0.39, 0.29) is 6.61 Å². The van der Waals surface area contributed by atoms with Gasteiger partial charge in [0.2, 0.25) is 0 Å². The normalized spacial score (nSPS) is 18.4. The fraction of sp³-hybridized carbons (Fsp3) is 0.464. The van der Waals surface area contributed by atoms with E-state index in [9.17, 15) is 5.11 Å². The van der Waals surface area contributed by atoms with Gasteiger partial charge in [0.15, 0.2) is 11.5 Å². The van der Waals surface area contributed by atoms with Gasteiger partial charge in [0.1, 0.15) is 24.8 Å². The first-order chi connectivity index (χ1) is 17.9. The van der Waals surface area contributed by atoms with Gasteiger partial charge in [-0.3, -0.25) is 4.90 Å². The highest BCUT2D eigenvalue weighted by molar-refractivity contribution is 6.42. The Hall–Kier alpha value is -2.45. The van der Waals surface area contributed by atoms with Crippen LogP contribution in [0.1, 0.15) is 37.6 Å². The number of likely N-dealkylation sites (tertiary alicyclic amines) is 1. The van der Waals surface area contributed by atoms with Crippen LogP contribution in [0.25, 0.3) is 0 Å². The smallest absolute Gasteiger partial charge is 0.161 e. The first-order valence-corrected chi connectivity index (χ1v) is 13.5. The third-order valence-corrected chi connectivity index (χ3v) is 7.49. The summed E-state index contributed by atoms with van der Waals surface area (Å²) in [6.45, 7) is 6.03. The van der Waals surface area contributed by atoms with Gasteiger partial charge in [0.05, 0.1) is 29.3 Å². The Bertz CT molecular complexity index is 1170. The lowest BCUT2D eigenvalue weighted by molar-refractivity contribution is -0.0168. The highest BCUT2D eigenvalue weighted by Crippen LogP contribution is 2.31. The lowest BCUT2D eigenvalue weighted by atomic mass is 9.96. The number of aryl methyl sites for hydroxylation is 1. The molecule has 3 aromatic rings. The summed E-state index contributed by atoms with van der Waals surface area (Å²) in [4.78, 5) is 6.71. The Morgan fingerprint density at radius 2 is 1.89 bits per heavy atom. The molecule has 4 rings (SSSR count). The number of aliphatic hydroxyl groups is 1. The Balaban J connectivity index is 1.29. The predicted octanol–water partition coefficient (Wildman–Crippen LogP) is 5.64. The summed E-state index contributed by atoms with van der Waals surface area (Å²) in [5, 5.41) is 12.1. The first-order valence-electron chi connectivity index (χ1n) is 12.7. The molecule has 37 heavy (non-hydrogen) atoms. The lowest BCUT2D eigenvalue weighted by Gasteiger charge is -2.27. The first kappa shape index (κ1) is 27.6. The topological polar surface area (TPSA) is 69.0 Å². The number of hydrogen-bond donors (Lipinski definition) is 1. The van der Waals surface area contributed by atoms with Gasteiger partial charge in [-0.25, -0.2) is 4.98 Å². The fourth-order valence-corrected chi connectivity index (χ4v) is 4.91. The molecule has 2 heterocycles. The number of benzene rings is 2. The van der Waals surface area contributed by atoms with Crippen LogP contribution in [-0.4, -0.2) is 58.6 Å². The third-order valence-electron chi connectivity index (χ3n) is 6.75. The van der Waals surface area contributed by atoms with Crippen LogP contribution in [0.5, 0.6) is 17.2 Å². The summed E-state index contributed by atoms with van der Waals surface area (Å²) in [5.74, 6) is 3.11. The van der Waals surface area contributed by atoms with E-state index in [1.165, 1.54) is 0 Å². The van der Waals surface area contributed by atoms with Crippen molar-refractivity contribution < 1.29 is 19.3 Å². The van der Waals surface area contributed by atoms with Crippen LogP contribution < -0.4 is 14.2 Å². The Kier molecular flexibility index (Phi) is 9.60. The second kappa shape index (κ2) is 12.9. The molecule has 1 saturated heterocycles. The average Bonchev–Trinajstić information content (AvgIpc) is 3.28. The maximum Gasteiger partial charge on any atom is 0.161 e. The SMILES string of the molecule is CCc1nccn1CCOc1ccc(CN2CCCC(O)(COc3ccc(Cl)c(Cl)c3)CC2)cc1OC. The van der Waals surface area contributed by atoms with Gasteiger partial charge in [-0.05, 0) is 55.6 Å². The van der Waals surface area contributed by atoms with Gasteiger partial charge in [0, 0.05) is 38.0 Å². The van der Waals surface area contributed by atoms with E-state index in [0.29, 0.717) is 35.2 Å². The quantitative estimate of drug-likeness (QED) is 0.335. The molecule has 200 valence electrons. The molecule has 1 fully saturated rings. The molecule has 0 aliphatic carbocycles. The maximum atomic E-state index is 11.2. The molecule has 2 aromatic carbocycles. The summed E-state index contributed by atoms with van der Waals surface area (Å²) in [6, 6.07) is 11.2. The Morgan fingerprint density at radius 1 is 1.03 bits per heavy atom. The summed E-state index contributed by atoms with van der Waals surface area (Å²) in [6.07, 6.45) is 6.87. The number of hydrogen-bond acceptors (Lipinski definition) is 6. The second-order valence-corrected chi connectivity index (χ2v) is 10.3. The highest BCUT2D eigenvalue weighted by Gasteiger charge is 2.31. The summed E-state index contributed by atoms with van der Waals surface area (Å²) >= 11 is 12.1. The highest BCUT2D eigenvalue weighted by atomic mass is 35.5. The van der Waals surface area contributed by atoms with Gasteiger partial charge < -0.3 is 23.9 Å². The van der Waals surface area contributed by atoms with E-state index in [2.05, 4.69) is 27.4 Å². The van der Waals surface area contributed by atoms with Crippen LogP contribution in [0, 0.1) is 0 Å². The molecule has 0 bridgehead atoms. The molecule has 1 N–H and O–H groups in total. The molecule has 0 radical (unpaired) electrons. The molecule has 0 saturated carbocycles. The second-order valence-electron chi connectivity index (χ2n) is 9.44. The number of methoxy groups -OCH3 is 1. The van der Waals surface area contributed by atoms with Crippen LogP contribution in [0.2, 0.25) is 10.0 Å². The third kappa shape index (κ3) is 7.54. The van der Waals surface area contributed by atoms with Crippen molar-refractivity contribution in [2.45, 2.75) is 51.3 Å². The molecule has 0 spiro atoms. The van der Waals surface area contributed by atoms with Crippen LogP contribution in [-0.2, 0) is 19.5 Å². The minimum Gasteiger partial charge on any atom is -0.493 e. The van der Waals surface area contributed by atoms with Gasteiger partial charge in [-0.1, -0.05) is 36.2 Å². The summed E-state index contributed by atoms with van der Waals surface area (Å²) in [5.41, 5.74) is 0.257. The number of imidazole rings is 1. The van der Waals surface area contributed by atoms with Crippen molar-refractivity contribution in [3.8, 4) is 17.2 Å². The van der Waals surface area contributed by atoms with E-state index in [4.69, 9.17) is 37.4 Å². The van der Waals surface area contributed by atoms with Gasteiger partial charge in [-0.15, -0.1) is 0 Å². The van der Waals surface area contributed by atoms with E-state index in [0.717, 1.165) is 61.9 Å². The largest absolute Gasteiger partial charge is 0.493 e. The number of nitrogens with zero attached hydrogens (tertiary/aromatic N) is 3. The van der Waals surface area contributed by atoms with E-state index in [1.54, 1.807) is 25.3 Å². The molecule has 9 heteroatoms. The maximum absolute atomic E-state index is 11.2. The van der Waals surface area contributed by atoms with Crippen molar-refractivity contribution in [1.29, 1.82) is 0 Å².